The monoisotopic (exact) mass is 471 g/mol. The third-order valence-corrected chi connectivity index (χ3v) is 6.91. The number of carbonyl (C=O) groups is 2. The molecule has 32 heavy (non-hydrogen) atoms. The molecule has 166 valence electrons. The maximum absolute atomic E-state index is 13.2. The number of anilines is 2. The molecule has 4 rings (SSSR count). The zero-order valence-electron chi connectivity index (χ0n) is 17.8. The van der Waals surface area contributed by atoms with Crippen LogP contribution in [0.15, 0.2) is 48.5 Å². The van der Waals surface area contributed by atoms with Gasteiger partial charge in [0.1, 0.15) is 5.82 Å². The number of amides is 2. The van der Waals surface area contributed by atoms with E-state index in [1.165, 1.54) is 34.7 Å². The lowest BCUT2D eigenvalue weighted by molar-refractivity contribution is 0.0750. The highest BCUT2D eigenvalue weighted by Crippen LogP contribution is 2.30. The van der Waals surface area contributed by atoms with Crippen molar-refractivity contribution in [3.63, 3.8) is 0 Å². The van der Waals surface area contributed by atoms with Gasteiger partial charge in [0.2, 0.25) is 0 Å². The van der Waals surface area contributed by atoms with Gasteiger partial charge in [-0.3, -0.25) is 9.59 Å². The molecule has 0 atom stereocenters. The lowest BCUT2D eigenvalue weighted by Gasteiger charge is -2.36. The Balaban J connectivity index is 1.41. The Kier molecular flexibility index (Phi) is 6.48. The van der Waals surface area contributed by atoms with E-state index in [-0.39, 0.29) is 16.5 Å². The van der Waals surface area contributed by atoms with Gasteiger partial charge >= 0.3 is 0 Å². The molecule has 0 saturated carbocycles. The number of aryl methyl sites for hydroxylation is 2. The van der Waals surface area contributed by atoms with E-state index in [2.05, 4.69) is 35.3 Å². The molecule has 1 aliphatic heterocycles. The lowest BCUT2D eigenvalue weighted by Crippen LogP contribution is -2.48. The van der Waals surface area contributed by atoms with Crippen molar-refractivity contribution in [3.8, 4) is 0 Å². The van der Waals surface area contributed by atoms with Gasteiger partial charge in [-0.2, -0.15) is 0 Å². The van der Waals surface area contributed by atoms with Gasteiger partial charge < -0.3 is 15.1 Å². The van der Waals surface area contributed by atoms with E-state index in [0.29, 0.717) is 23.0 Å². The van der Waals surface area contributed by atoms with Crippen molar-refractivity contribution in [1.82, 2.24) is 4.90 Å². The van der Waals surface area contributed by atoms with E-state index in [1.807, 2.05) is 17.9 Å². The Morgan fingerprint density at radius 3 is 2.47 bits per heavy atom. The standard InChI is InChI=1S/C24H23ClFN3O2S/c1-15-4-3-5-18(12-15)28-8-10-29(11-9-28)24(31)22-16(2)13-21(32-22)27-23(30)19-7-6-17(26)14-20(19)25/h3-7,12-14H,8-11H2,1-2H3,(H,27,30). The highest BCUT2D eigenvalue weighted by Gasteiger charge is 2.25. The van der Waals surface area contributed by atoms with E-state index < -0.39 is 11.7 Å². The van der Waals surface area contributed by atoms with Crippen molar-refractivity contribution in [2.45, 2.75) is 13.8 Å². The molecule has 0 aliphatic carbocycles. The van der Waals surface area contributed by atoms with Crippen LogP contribution in [0.25, 0.3) is 0 Å². The topological polar surface area (TPSA) is 52.6 Å². The first-order chi connectivity index (χ1) is 15.3. The van der Waals surface area contributed by atoms with E-state index in [4.69, 9.17) is 11.6 Å². The molecule has 3 aromatic rings. The van der Waals surface area contributed by atoms with Gasteiger partial charge in [-0.1, -0.05) is 23.7 Å². The summed E-state index contributed by atoms with van der Waals surface area (Å²) >= 11 is 7.22. The molecule has 5 nitrogen and oxygen atoms in total. The van der Waals surface area contributed by atoms with Crippen LogP contribution in [0.4, 0.5) is 15.1 Å². The minimum atomic E-state index is -0.506. The summed E-state index contributed by atoms with van der Waals surface area (Å²) in [5.74, 6) is -0.979. The van der Waals surface area contributed by atoms with Crippen LogP contribution in [0.2, 0.25) is 5.02 Å². The molecule has 2 heterocycles. The first-order valence-electron chi connectivity index (χ1n) is 10.3. The maximum Gasteiger partial charge on any atom is 0.264 e. The number of thiophene rings is 1. The SMILES string of the molecule is Cc1cccc(N2CCN(C(=O)c3sc(NC(=O)c4ccc(F)cc4Cl)cc3C)CC2)c1. The van der Waals surface area contributed by atoms with E-state index >= 15 is 0 Å². The van der Waals surface area contributed by atoms with Gasteiger partial charge in [0.25, 0.3) is 11.8 Å². The van der Waals surface area contributed by atoms with E-state index in [9.17, 15) is 14.0 Å². The molecular weight excluding hydrogens is 449 g/mol. The molecule has 0 unspecified atom stereocenters. The second-order valence-electron chi connectivity index (χ2n) is 7.82. The Morgan fingerprint density at radius 1 is 1.03 bits per heavy atom. The first-order valence-corrected chi connectivity index (χ1v) is 11.5. The molecule has 2 amide bonds. The van der Waals surface area contributed by atoms with Gasteiger partial charge in [-0.25, -0.2) is 4.39 Å². The van der Waals surface area contributed by atoms with Crippen molar-refractivity contribution < 1.29 is 14.0 Å². The number of nitrogens with zero attached hydrogens (tertiary/aromatic N) is 2. The van der Waals surface area contributed by atoms with Crippen molar-refractivity contribution in [1.29, 1.82) is 0 Å². The predicted octanol–water partition coefficient (Wildman–Crippen LogP) is 5.37. The van der Waals surface area contributed by atoms with Crippen LogP contribution in [0.1, 0.15) is 31.2 Å². The number of benzene rings is 2. The van der Waals surface area contributed by atoms with Gasteiger partial charge in [0, 0.05) is 31.9 Å². The zero-order chi connectivity index (χ0) is 22.8. The fourth-order valence-electron chi connectivity index (χ4n) is 3.74. The summed E-state index contributed by atoms with van der Waals surface area (Å²) in [4.78, 5) is 30.4. The second kappa shape index (κ2) is 9.30. The van der Waals surface area contributed by atoms with E-state index in [0.717, 1.165) is 24.7 Å². The van der Waals surface area contributed by atoms with Crippen molar-refractivity contribution in [2.75, 3.05) is 36.4 Å². The zero-order valence-corrected chi connectivity index (χ0v) is 19.4. The van der Waals surface area contributed by atoms with E-state index in [1.54, 1.807) is 6.07 Å². The molecule has 1 fully saturated rings. The average molecular weight is 472 g/mol. The normalized spacial score (nSPS) is 13.9. The number of nitrogens with one attached hydrogen (secondary N) is 1. The Labute approximate surface area is 195 Å². The molecule has 0 spiro atoms. The van der Waals surface area contributed by atoms with Crippen molar-refractivity contribution in [3.05, 3.63) is 80.9 Å². The summed E-state index contributed by atoms with van der Waals surface area (Å²) in [6.45, 7) is 6.74. The van der Waals surface area contributed by atoms with Gasteiger partial charge in [-0.15, -0.1) is 11.3 Å². The highest BCUT2D eigenvalue weighted by molar-refractivity contribution is 7.18. The smallest absolute Gasteiger partial charge is 0.264 e. The van der Waals surface area contributed by atoms with Crippen LogP contribution in [0.3, 0.4) is 0 Å². The van der Waals surface area contributed by atoms with Crippen LogP contribution in [-0.2, 0) is 0 Å². The summed E-state index contributed by atoms with van der Waals surface area (Å²) < 4.78 is 13.2. The minimum absolute atomic E-state index is 0.0308. The Hall–Kier alpha value is -2.90. The number of rotatable bonds is 4. The molecule has 0 bridgehead atoms. The first kappa shape index (κ1) is 22.3. The van der Waals surface area contributed by atoms with Crippen molar-refractivity contribution in [2.24, 2.45) is 0 Å². The van der Waals surface area contributed by atoms with Crippen LogP contribution >= 0.6 is 22.9 Å². The number of halogens is 2. The van der Waals surface area contributed by atoms with Gasteiger partial charge in [0.15, 0.2) is 0 Å². The molecular formula is C24H23ClFN3O2S. The largest absolute Gasteiger partial charge is 0.368 e. The molecule has 2 aromatic carbocycles. The third kappa shape index (κ3) is 4.79. The highest BCUT2D eigenvalue weighted by atomic mass is 35.5. The average Bonchev–Trinajstić information content (AvgIpc) is 3.13. The van der Waals surface area contributed by atoms with Crippen molar-refractivity contribution >= 4 is 45.4 Å². The minimum Gasteiger partial charge on any atom is -0.368 e. The van der Waals surface area contributed by atoms with Gasteiger partial charge in [-0.05, 0) is 61.4 Å². The summed E-state index contributed by atoms with van der Waals surface area (Å²) in [7, 11) is 0. The summed E-state index contributed by atoms with van der Waals surface area (Å²) in [6.07, 6.45) is 0. The predicted molar refractivity (Wildman–Crippen MR) is 128 cm³/mol. The second-order valence-corrected chi connectivity index (χ2v) is 9.28. The fourth-order valence-corrected chi connectivity index (χ4v) is 5.03. The van der Waals surface area contributed by atoms with Crippen LogP contribution in [0, 0.1) is 19.7 Å². The number of hydrogen-bond donors (Lipinski definition) is 1. The van der Waals surface area contributed by atoms with Crippen LogP contribution < -0.4 is 10.2 Å². The Morgan fingerprint density at radius 2 is 1.78 bits per heavy atom. The summed E-state index contributed by atoms with van der Waals surface area (Å²) in [5.41, 5.74) is 3.38. The number of piperazine rings is 1. The lowest BCUT2D eigenvalue weighted by atomic mass is 10.2. The summed E-state index contributed by atoms with van der Waals surface area (Å²) in [6, 6.07) is 13.8. The quantitative estimate of drug-likeness (QED) is 0.556. The fraction of sp³-hybridized carbons (Fsp3) is 0.250. The molecule has 8 heteroatoms. The van der Waals surface area contributed by atoms with Crippen LogP contribution in [-0.4, -0.2) is 42.9 Å². The molecule has 1 N–H and O–H groups in total. The third-order valence-electron chi connectivity index (χ3n) is 5.46. The van der Waals surface area contributed by atoms with Crippen LogP contribution in [0.5, 0.6) is 0 Å². The molecule has 1 aromatic heterocycles. The van der Waals surface area contributed by atoms with Gasteiger partial charge in [0.05, 0.1) is 20.5 Å². The Bertz CT molecular complexity index is 1170. The maximum atomic E-state index is 13.2. The number of hydrogen-bond acceptors (Lipinski definition) is 4. The molecule has 0 radical (unpaired) electrons. The molecule has 1 aliphatic rings. The molecule has 1 saturated heterocycles. The number of carbonyl (C=O) groups excluding carboxylic acids is 2. The summed E-state index contributed by atoms with van der Waals surface area (Å²) in [5, 5.41) is 3.36.